The minimum absolute atomic E-state index is 0. The number of carbonyl (C=O) groups is 1. The number of allylic oxidation sites excluding steroid dienone is 1. The van der Waals surface area contributed by atoms with Crippen LogP contribution in [0.15, 0.2) is 12.7 Å². The summed E-state index contributed by atoms with van der Waals surface area (Å²) in [6, 6.07) is 0.363. The van der Waals surface area contributed by atoms with Gasteiger partial charge < -0.3 is 10.6 Å². The van der Waals surface area contributed by atoms with Crippen molar-refractivity contribution in [3.8, 4) is 0 Å². The Morgan fingerprint density at radius 2 is 2.24 bits per heavy atom. The molecular weight excluding hydrogens is 259 g/mol. The Labute approximate surface area is 117 Å². The summed E-state index contributed by atoms with van der Waals surface area (Å²) in [4.78, 5) is 11.6. The second-order valence-electron chi connectivity index (χ2n) is 4.32. The zero-order valence-electron chi connectivity index (χ0n) is 10.4. The molecule has 17 heavy (non-hydrogen) atoms. The predicted molar refractivity (Wildman–Crippen MR) is 77.1 cm³/mol. The van der Waals surface area contributed by atoms with Gasteiger partial charge in [-0.3, -0.25) is 4.79 Å². The number of piperidine rings is 1. The first-order valence-electron chi connectivity index (χ1n) is 5.85. The van der Waals surface area contributed by atoms with Crippen LogP contribution in [0.2, 0.25) is 0 Å². The van der Waals surface area contributed by atoms with Crippen molar-refractivity contribution in [2.75, 3.05) is 13.1 Å². The third kappa shape index (κ3) is 7.63. The Morgan fingerprint density at radius 3 is 2.82 bits per heavy atom. The van der Waals surface area contributed by atoms with Crippen LogP contribution in [-0.4, -0.2) is 25.0 Å². The maximum atomic E-state index is 11.6. The molecular formula is C12H24Cl2N2O. The van der Waals surface area contributed by atoms with E-state index in [1.165, 1.54) is 0 Å². The van der Waals surface area contributed by atoms with Gasteiger partial charge in [0.1, 0.15) is 0 Å². The van der Waals surface area contributed by atoms with Crippen molar-refractivity contribution in [2.45, 2.75) is 38.6 Å². The van der Waals surface area contributed by atoms with Gasteiger partial charge in [0.05, 0.1) is 0 Å². The third-order valence-corrected chi connectivity index (χ3v) is 2.94. The average Bonchev–Trinajstić information content (AvgIpc) is 2.22. The Hall–Kier alpha value is -0.250. The lowest BCUT2D eigenvalue weighted by Crippen LogP contribution is -2.48. The number of nitrogens with one attached hydrogen (secondary N) is 2. The number of carbonyl (C=O) groups excluding carboxylic acids is 1. The minimum Gasteiger partial charge on any atom is -0.353 e. The molecule has 0 aromatic rings. The lowest BCUT2D eigenvalue weighted by Gasteiger charge is -2.30. The molecule has 5 heteroatoms. The highest BCUT2D eigenvalue weighted by molar-refractivity contribution is 5.85. The topological polar surface area (TPSA) is 41.1 Å². The largest absolute Gasteiger partial charge is 0.353 e. The Bertz CT molecular complexity index is 225. The molecule has 0 aromatic carbocycles. The van der Waals surface area contributed by atoms with E-state index in [-0.39, 0.29) is 30.7 Å². The molecule has 1 aliphatic heterocycles. The average molecular weight is 283 g/mol. The van der Waals surface area contributed by atoms with Crippen LogP contribution in [0.4, 0.5) is 0 Å². The molecule has 0 bridgehead atoms. The molecule has 1 heterocycles. The van der Waals surface area contributed by atoms with Crippen molar-refractivity contribution < 1.29 is 4.79 Å². The van der Waals surface area contributed by atoms with E-state index in [0.717, 1.165) is 32.4 Å². The van der Waals surface area contributed by atoms with Crippen LogP contribution in [0.5, 0.6) is 0 Å². The fourth-order valence-electron chi connectivity index (χ4n) is 1.91. The Balaban J connectivity index is 0. The van der Waals surface area contributed by atoms with E-state index in [0.29, 0.717) is 18.4 Å². The van der Waals surface area contributed by atoms with Crippen molar-refractivity contribution >= 4 is 30.7 Å². The van der Waals surface area contributed by atoms with Crippen LogP contribution in [-0.2, 0) is 4.79 Å². The van der Waals surface area contributed by atoms with Crippen LogP contribution >= 0.6 is 24.8 Å². The van der Waals surface area contributed by atoms with E-state index in [9.17, 15) is 4.79 Å². The number of hydrogen-bond acceptors (Lipinski definition) is 2. The van der Waals surface area contributed by atoms with E-state index in [4.69, 9.17) is 0 Å². The summed E-state index contributed by atoms with van der Waals surface area (Å²) in [5.41, 5.74) is 0. The zero-order chi connectivity index (χ0) is 11.1. The lowest BCUT2D eigenvalue weighted by molar-refractivity contribution is -0.122. The molecule has 1 rings (SSSR count). The molecule has 2 N–H and O–H groups in total. The van der Waals surface area contributed by atoms with Gasteiger partial charge in [-0.2, -0.15) is 0 Å². The molecule has 102 valence electrons. The van der Waals surface area contributed by atoms with Crippen LogP contribution in [0, 0.1) is 5.92 Å². The van der Waals surface area contributed by atoms with E-state index < -0.39 is 0 Å². The van der Waals surface area contributed by atoms with Crippen molar-refractivity contribution in [1.82, 2.24) is 10.6 Å². The summed E-state index contributed by atoms with van der Waals surface area (Å²) in [6.45, 7) is 7.85. The highest BCUT2D eigenvalue weighted by atomic mass is 35.5. The number of unbranched alkanes of at least 4 members (excludes halogenated alkanes) is 1. The molecule has 2 atom stereocenters. The van der Waals surface area contributed by atoms with Crippen molar-refractivity contribution in [3.63, 3.8) is 0 Å². The molecule has 2 unspecified atom stereocenters. The van der Waals surface area contributed by atoms with Gasteiger partial charge in [0.2, 0.25) is 5.91 Å². The maximum absolute atomic E-state index is 11.6. The van der Waals surface area contributed by atoms with Crippen molar-refractivity contribution in [1.29, 1.82) is 0 Å². The molecule has 1 amide bonds. The summed E-state index contributed by atoms with van der Waals surface area (Å²) >= 11 is 0. The van der Waals surface area contributed by atoms with Crippen LogP contribution in [0.1, 0.15) is 32.6 Å². The number of halogens is 2. The molecule has 0 aromatic heterocycles. The zero-order valence-corrected chi connectivity index (χ0v) is 12.0. The number of hydrogen-bond donors (Lipinski definition) is 2. The van der Waals surface area contributed by atoms with E-state index >= 15 is 0 Å². The minimum atomic E-state index is 0. The lowest BCUT2D eigenvalue weighted by atomic mass is 9.95. The van der Waals surface area contributed by atoms with E-state index in [1.807, 2.05) is 6.08 Å². The molecule has 0 spiro atoms. The highest BCUT2D eigenvalue weighted by Crippen LogP contribution is 2.10. The second kappa shape index (κ2) is 10.9. The Morgan fingerprint density at radius 1 is 1.53 bits per heavy atom. The van der Waals surface area contributed by atoms with E-state index in [2.05, 4.69) is 24.1 Å². The van der Waals surface area contributed by atoms with Crippen molar-refractivity contribution in [3.05, 3.63) is 12.7 Å². The van der Waals surface area contributed by atoms with Gasteiger partial charge in [-0.05, 0) is 38.3 Å². The van der Waals surface area contributed by atoms with Crippen molar-refractivity contribution in [2.24, 2.45) is 5.92 Å². The molecule has 0 saturated carbocycles. The summed E-state index contributed by atoms with van der Waals surface area (Å²) in [6.07, 6.45) is 5.38. The van der Waals surface area contributed by atoms with E-state index in [1.54, 1.807) is 0 Å². The fourth-order valence-corrected chi connectivity index (χ4v) is 1.91. The standard InChI is InChI=1S/C12H22N2O.2ClH/c1-3-4-5-6-12(15)14-11-7-8-13-9-10(11)2;;/h3,10-11,13H,1,4-9H2,2H3,(H,14,15);2*1H. The predicted octanol–water partition coefficient (Wildman–Crippen LogP) is 2.30. The van der Waals surface area contributed by atoms with Crippen LogP contribution in [0.25, 0.3) is 0 Å². The Kier molecular flexibility index (Phi) is 12.2. The first-order valence-corrected chi connectivity index (χ1v) is 5.85. The summed E-state index contributed by atoms with van der Waals surface area (Å²) in [5.74, 6) is 0.734. The van der Waals surface area contributed by atoms with Crippen LogP contribution < -0.4 is 10.6 Å². The number of rotatable bonds is 5. The van der Waals surface area contributed by atoms with Gasteiger partial charge in [0.25, 0.3) is 0 Å². The second-order valence-corrected chi connectivity index (χ2v) is 4.32. The monoisotopic (exact) mass is 282 g/mol. The summed E-state index contributed by atoms with van der Waals surface area (Å²) in [5, 5.41) is 6.44. The smallest absolute Gasteiger partial charge is 0.220 e. The first kappa shape index (κ1) is 19.1. The normalized spacial score (nSPS) is 22.9. The van der Waals surface area contributed by atoms with Gasteiger partial charge in [-0.15, -0.1) is 31.4 Å². The molecule has 1 saturated heterocycles. The molecule has 0 radical (unpaired) electrons. The SMILES string of the molecule is C=CCCCC(=O)NC1CCNCC1C.Cl.Cl. The van der Waals surface area contributed by atoms with Gasteiger partial charge in [-0.1, -0.05) is 13.0 Å². The van der Waals surface area contributed by atoms with Gasteiger partial charge in [0, 0.05) is 12.5 Å². The van der Waals surface area contributed by atoms with Gasteiger partial charge in [-0.25, -0.2) is 0 Å². The molecule has 3 nitrogen and oxygen atoms in total. The number of amides is 1. The quantitative estimate of drug-likeness (QED) is 0.600. The maximum Gasteiger partial charge on any atom is 0.220 e. The summed E-state index contributed by atoms with van der Waals surface area (Å²) < 4.78 is 0. The highest BCUT2D eigenvalue weighted by Gasteiger charge is 2.21. The van der Waals surface area contributed by atoms with Gasteiger partial charge >= 0.3 is 0 Å². The molecule has 1 fully saturated rings. The van der Waals surface area contributed by atoms with Crippen LogP contribution in [0.3, 0.4) is 0 Å². The third-order valence-electron chi connectivity index (χ3n) is 2.94. The first-order chi connectivity index (χ1) is 7.24. The fraction of sp³-hybridized carbons (Fsp3) is 0.750. The summed E-state index contributed by atoms with van der Waals surface area (Å²) in [7, 11) is 0. The molecule has 0 aliphatic carbocycles. The molecule has 1 aliphatic rings. The van der Waals surface area contributed by atoms with Gasteiger partial charge in [0.15, 0.2) is 0 Å².